The van der Waals surface area contributed by atoms with E-state index in [4.69, 9.17) is 12.2 Å². The maximum Gasteiger partial charge on any atom is 0.170 e. The minimum atomic E-state index is 0.113. The third-order valence-corrected chi connectivity index (χ3v) is 5.33. The molecule has 4 nitrogen and oxygen atoms in total. The second-order valence-corrected chi connectivity index (χ2v) is 7.36. The fraction of sp³-hybridized carbons (Fsp3) is 0.412. The molecule has 1 aliphatic heterocycles. The minimum absolute atomic E-state index is 0.113. The van der Waals surface area contributed by atoms with Gasteiger partial charge in [-0.05, 0) is 62.9 Å². The van der Waals surface area contributed by atoms with Crippen molar-refractivity contribution >= 4 is 28.7 Å². The molecule has 1 N–H and O–H groups in total. The van der Waals surface area contributed by atoms with E-state index in [-0.39, 0.29) is 12.1 Å². The summed E-state index contributed by atoms with van der Waals surface area (Å²) < 4.78 is 0. The monoisotopic (exact) mass is 346 g/mol. The van der Waals surface area contributed by atoms with Crippen LogP contribution in [0.1, 0.15) is 29.1 Å². The molecule has 0 radical (unpaired) electrons. The van der Waals surface area contributed by atoms with Gasteiger partial charge in [-0.15, -0.1) is 11.3 Å². The number of hydrogen-bond donors (Lipinski definition) is 1. The lowest BCUT2D eigenvalue weighted by Gasteiger charge is -2.27. The number of nitrogens with zero attached hydrogens (tertiary/aromatic N) is 3. The Morgan fingerprint density at radius 1 is 1.30 bits per heavy atom. The van der Waals surface area contributed by atoms with Gasteiger partial charge < -0.3 is 15.1 Å². The predicted octanol–water partition coefficient (Wildman–Crippen LogP) is 3.07. The molecular formula is C17H22N4S2. The van der Waals surface area contributed by atoms with Crippen LogP contribution < -0.4 is 5.32 Å². The van der Waals surface area contributed by atoms with Crippen molar-refractivity contribution < 1.29 is 0 Å². The third kappa shape index (κ3) is 3.71. The van der Waals surface area contributed by atoms with Crippen molar-refractivity contribution in [3.05, 3.63) is 52.5 Å². The molecule has 3 rings (SSSR count). The molecular weight excluding hydrogens is 324 g/mol. The first-order valence-corrected chi connectivity index (χ1v) is 9.12. The molecule has 0 spiro atoms. The van der Waals surface area contributed by atoms with Crippen molar-refractivity contribution in [1.29, 1.82) is 0 Å². The highest BCUT2D eigenvalue weighted by atomic mass is 32.1. The molecule has 122 valence electrons. The first-order valence-electron chi connectivity index (χ1n) is 7.83. The summed E-state index contributed by atoms with van der Waals surface area (Å²) in [5, 5.41) is 6.45. The van der Waals surface area contributed by atoms with Gasteiger partial charge in [-0.1, -0.05) is 12.1 Å². The zero-order valence-electron chi connectivity index (χ0n) is 13.5. The van der Waals surface area contributed by atoms with Crippen molar-refractivity contribution in [3.8, 4) is 0 Å². The van der Waals surface area contributed by atoms with E-state index >= 15 is 0 Å². The molecule has 1 saturated heterocycles. The van der Waals surface area contributed by atoms with E-state index in [0.717, 1.165) is 30.3 Å². The molecule has 6 heteroatoms. The smallest absolute Gasteiger partial charge is 0.170 e. The molecule has 3 heterocycles. The highest BCUT2D eigenvalue weighted by molar-refractivity contribution is 7.80. The standard InChI is InChI=1S/C17H22N4S2/c1-20(2)10-6-11-21-16(14-8-5-12-23-14)15(19-17(21)22)13-7-3-4-9-18-13/h3-5,7-9,12,15-16H,6,10-11H2,1-2H3,(H,19,22). The van der Waals surface area contributed by atoms with Crippen molar-refractivity contribution in [3.63, 3.8) is 0 Å². The lowest BCUT2D eigenvalue weighted by atomic mass is 10.0. The van der Waals surface area contributed by atoms with Crippen LogP contribution in [-0.2, 0) is 0 Å². The van der Waals surface area contributed by atoms with Crippen molar-refractivity contribution in [2.75, 3.05) is 27.2 Å². The van der Waals surface area contributed by atoms with E-state index in [2.05, 4.69) is 57.8 Å². The molecule has 0 saturated carbocycles. The van der Waals surface area contributed by atoms with Crippen LogP contribution in [0.25, 0.3) is 0 Å². The lowest BCUT2D eigenvalue weighted by molar-refractivity contribution is 0.296. The van der Waals surface area contributed by atoms with E-state index in [1.54, 1.807) is 11.3 Å². The molecule has 0 aliphatic carbocycles. The highest BCUT2D eigenvalue weighted by Crippen LogP contribution is 2.40. The molecule has 2 atom stereocenters. The van der Waals surface area contributed by atoms with Gasteiger partial charge in [0.05, 0.1) is 17.8 Å². The Bertz CT molecular complexity index is 627. The fourth-order valence-electron chi connectivity index (χ4n) is 2.97. The van der Waals surface area contributed by atoms with Crippen LogP contribution in [0, 0.1) is 0 Å². The molecule has 1 fully saturated rings. The Hall–Kier alpha value is -1.50. The van der Waals surface area contributed by atoms with E-state index in [9.17, 15) is 0 Å². The number of rotatable bonds is 6. The van der Waals surface area contributed by atoms with Crippen LogP contribution in [-0.4, -0.2) is 47.1 Å². The summed E-state index contributed by atoms with van der Waals surface area (Å²) in [6.07, 6.45) is 2.94. The van der Waals surface area contributed by atoms with Gasteiger partial charge in [0.25, 0.3) is 0 Å². The second-order valence-electron chi connectivity index (χ2n) is 5.99. The second kappa shape index (κ2) is 7.38. The van der Waals surface area contributed by atoms with Gasteiger partial charge in [0.15, 0.2) is 5.11 Å². The van der Waals surface area contributed by atoms with Gasteiger partial charge in [-0.2, -0.15) is 0 Å². The Kier molecular flexibility index (Phi) is 5.25. The highest BCUT2D eigenvalue weighted by Gasteiger charge is 2.39. The summed E-state index contributed by atoms with van der Waals surface area (Å²) in [7, 11) is 4.21. The number of nitrogens with one attached hydrogen (secondary N) is 1. The normalized spacial score (nSPS) is 21.0. The molecule has 0 aromatic carbocycles. The van der Waals surface area contributed by atoms with Crippen LogP contribution in [0.15, 0.2) is 41.9 Å². The summed E-state index contributed by atoms with van der Waals surface area (Å²) in [5.74, 6) is 0. The SMILES string of the molecule is CN(C)CCCN1C(=S)NC(c2ccccn2)C1c1cccs1. The molecule has 1 aliphatic rings. The Morgan fingerprint density at radius 2 is 2.17 bits per heavy atom. The van der Waals surface area contributed by atoms with Gasteiger partial charge in [0.2, 0.25) is 0 Å². The van der Waals surface area contributed by atoms with Gasteiger partial charge in [-0.25, -0.2) is 0 Å². The summed E-state index contributed by atoms with van der Waals surface area (Å²) in [6, 6.07) is 10.7. The van der Waals surface area contributed by atoms with E-state index in [1.165, 1.54) is 4.88 Å². The van der Waals surface area contributed by atoms with Crippen molar-refractivity contribution in [1.82, 2.24) is 20.1 Å². The zero-order chi connectivity index (χ0) is 16.2. The van der Waals surface area contributed by atoms with E-state index < -0.39 is 0 Å². The molecule has 0 amide bonds. The number of thiocarbonyl (C=S) groups is 1. The third-order valence-electron chi connectivity index (χ3n) is 4.04. The number of hydrogen-bond acceptors (Lipinski definition) is 4. The topological polar surface area (TPSA) is 31.4 Å². The number of aromatic nitrogens is 1. The van der Waals surface area contributed by atoms with Gasteiger partial charge in [-0.3, -0.25) is 4.98 Å². The van der Waals surface area contributed by atoms with Crippen LogP contribution in [0.4, 0.5) is 0 Å². The average Bonchev–Trinajstić information content (AvgIpc) is 3.16. The summed E-state index contributed by atoms with van der Waals surface area (Å²) >= 11 is 7.41. The van der Waals surface area contributed by atoms with Crippen molar-refractivity contribution in [2.45, 2.75) is 18.5 Å². The van der Waals surface area contributed by atoms with Crippen LogP contribution in [0.2, 0.25) is 0 Å². The fourth-order valence-corrected chi connectivity index (χ4v) is 4.18. The van der Waals surface area contributed by atoms with Crippen LogP contribution in [0.3, 0.4) is 0 Å². The quantitative estimate of drug-likeness (QED) is 0.813. The van der Waals surface area contributed by atoms with Gasteiger partial charge in [0, 0.05) is 17.6 Å². The van der Waals surface area contributed by atoms with E-state index in [0.29, 0.717) is 0 Å². The zero-order valence-corrected chi connectivity index (χ0v) is 15.1. The minimum Gasteiger partial charge on any atom is -0.352 e. The lowest BCUT2D eigenvalue weighted by Crippen LogP contribution is -2.32. The summed E-state index contributed by atoms with van der Waals surface area (Å²) in [5.41, 5.74) is 1.04. The van der Waals surface area contributed by atoms with E-state index in [1.807, 2.05) is 18.3 Å². The summed E-state index contributed by atoms with van der Waals surface area (Å²) in [6.45, 7) is 2.01. The van der Waals surface area contributed by atoms with Gasteiger partial charge in [0.1, 0.15) is 0 Å². The maximum atomic E-state index is 5.63. The van der Waals surface area contributed by atoms with Crippen LogP contribution >= 0.6 is 23.6 Å². The Morgan fingerprint density at radius 3 is 2.83 bits per heavy atom. The molecule has 2 aromatic rings. The maximum absolute atomic E-state index is 5.63. The van der Waals surface area contributed by atoms with Gasteiger partial charge >= 0.3 is 0 Å². The molecule has 2 aromatic heterocycles. The first kappa shape index (κ1) is 16.4. The van der Waals surface area contributed by atoms with Crippen LogP contribution in [0.5, 0.6) is 0 Å². The largest absolute Gasteiger partial charge is 0.352 e. The average molecular weight is 347 g/mol. The molecule has 23 heavy (non-hydrogen) atoms. The predicted molar refractivity (Wildman–Crippen MR) is 99.6 cm³/mol. The number of pyridine rings is 1. The summed E-state index contributed by atoms with van der Waals surface area (Å²) in [4.78, 5) is 10.4. The molecule has 0 bridgehead atoms. The number of thiophene rings is 1. The first-order chi connectivity index (χ1) is 11.2. The molecule has 2 unspecified atom stereocenters. The van der Waals surface area contributed by atoms with Crippen molar-refractivity contribution in [2.24, 2.45) is 0 Å². The Labute approximate surface area is 147 Å². The Balaban J connectivity index is 1.85.